The molecule has 1 amide bonds. The Morgan fingerprint density at radius 2 is 2.10 bits per heavy atom. The third kappa shape index (κ3) is 4.66. The second-order valence-corrected chi connectivity index (χ2v) is 5.04. The number of pyridine rings is 1. The van der Waals surface area contributed by atoms with Crippen molar-refractivity contribution < 1.29 is 9.90 Å². The van der Waals surface area contributed by atoms with Crippen molar-refractivity contribution in [3.05, 3.63) is 18.3 Å². The smallest absolute Gasteiger partial charge is 0.225 e. The molecule has 2 rings (SSSR count). The van der Waals surface area contributed by atoms with Gasteiger partial charge in [0, 0.05) is 45.7 Å². The highest BCUT2D eigenvalue weighted by atomic mass is 16.3. The van der Waals surface area contributed by atoms with E-state index in [-0.39, 0.29) is 12.5 Å². The molecule has 1 aromatic heterocycles. The molecular formula is C14H23N5O2. The van der Waals surface area contributed by atoms with Crippen molar-refractivity contribution in [1.29, 1.82) is 0 Å². The third-order valence-corrected chi connectivity index (χ3v) is 3.52. The lowest BCUT2D eigenvalue weighted by Crippen LogP contribution is -2.47. The molecule has 1 saturated heterocycles. The maximum atomic E-state index is 11.4. The number of aliphatic hydroxyl groups excluding tert-OH is 1. The minimum absolute atomic E-state index is 0.0929. The molecule has 0 unspecified atom stereocenters. The Kier molecular flexibility index (Phi) is 5.91. The molecule has 0 atom stereocenters. The third-order valence-electron chi connectivity index (χ3n) is 3.52. The van der Waals surface area contributed by atoms with Crippen LogP contribution in [0.5, 0.6) is 0 Å². The largest absolute Gasteiger partial charge is 0.395 e. The number of carbonyl (C=O) groups excluding carboxylic acids is 1. The molecule has 0 radical (unpaired) electrons. The number of aromatic nitrogens is 1. The van der Waals surface area contributed by atoms with Crippen LogP contribution in [0, 0.1) is 0 Å². The molecule has 1 aliphatic rings. The minimum atomic E-state index is -0.0929. The van der Waals surface area contributed by atoms with Gasteiger partial charge < -0.3 is 21.1 Å². The predicted molar refractivity (Wildman–Crippen MR) is 82.3 cm³/mol. The van der Waals surface area contributed by atoms with Crippen LogP contribution in [0.3, 0.4) is 0 Å². The van der Waals surface area contributed by atoms with E-state index >= 15 is 0 Å². The summed E-state index contributed by atoms with van der Waals surface area (Å²) in [4.78, 5) is 20.3. The van der Waals surface area contributed by atoms with Gasteiger partial charge in [-0.2, -0.15) is 0 Å². The number of hydrogen-bond acceptors (Lipinski definition) is 6. The molecule has 21 heavy (non-hydrogen) atoms. The molecule has 7 heteroatoms. The molecular weight excluding hydrogens is 270 g/mol. The Bertz CT molecular complexity index is 443. The van der Waals surface area contributed by atoms with Gasteiger partial charge in [-0.3, -0.25) is 9.69 Å². The monoisotopic (exact) mass is 293 g/mol. The summed E-state index contributed by atoms with van der Waals surface area (Å²) < 4.78 is 0. The Morgan fingerprint density at radius 3 is 2.67 bits per heavy atom. The molecule has 0 aromatic carbocycles. The van der Waals surface area contributed by atoms with Gasteiger partial charge in [0.2, 0.25) is 5.91 Å². The highest BCUT2D eigenvalue weighted by Gasteiger charge is 2.17. The topological polar surface area (TPSA) is 94.7 Å². The van der Waals surface area contributed by atoms with Crippen molar-refractivity contribution in [2.24, 2.45) is 5.73 Å². The van der Waals surface area contributed by atoms with Crippen LogP contribution < -0.4 is 16.0 Å². The number of carbonyl (C=O) groups is 1. The molecule has 0 saturated carbocycles. The summed E-state index contributed by atoms with van der Waals surface area (Å²) in [7, 11) is 0. The van der Waals surface area contributed by atoms with E-state index in [0.717, 1.165) is 38.5 Å². The molecule has 4 N–H and O–H groups in total. The zero-order valence-electron chi connectivity index (χ0n) is 12.2. The van der Waals surface area contributed by atoms with E-state index in [1.807, 2.05) is 12.1 Å². The van der Waals surface area contributed by atoms with Crippen LogP contribution in [0.4, 0.5) is 11.5 Å². The average molecular weight is 293 g/mol. The summed E-state index contributed by atoms with van der Waals surface area (Å²) in [5.74, 6) is 0.820. The van der Waals surface area contributed by atoms with Crippen LogP contribution in [0.2, 0.25) is 0 Å². The second-order valence-electron chi connectivity index (χ2n) is 5.04. The molecule has 2 heterocycles. The lowest BCUT2D eigenvalue weighted by atomic mass is 10.3. The number of nitrogens with two attached hydrogens (primary N) is 1. The van der Waals surface area contributed by atoms with Gasteiger partial charge in [-0.25, -0.2) is 4.98 Å². The average Bonchev–Trinajstić information content (AvgIpc) is 2.49. The zero-order chi connectivity index (χ0) is 15.1. The van der Waals surface area contributed by atoms with Gasteiger partial charge in [-0.15, -0.1) is 0 Å². The number of rotatable bonds is 6. The lowest BCUT2D eigenvalue weighted by Gasteiger charge is -2.35. The number of aliphatic hydroxyl groups is 1. The Morgan fingerprint density at radius 1 is 1.33 bits per heavy atom. The van der Waals surface area contributed by atoms with Gasteiger partial charge in [0.1, 0.15) is 5.82 Å². The summed E-state index contributed by atoms with van der Waals surface area (Å²) in [6.45, 7) is 4.92. The quantitative estimate of drug-likeness (QED) is 0.653. The molecule has 0 bridgehead atoms. The van der Waals surface area contributed by atoms with Crippen LogP contribution in [0.15, 0.2) is 18.3 Å². The molecule has 0 spiro atoms. The minimum Gasteiger partial charge on any atom is -0.395 e. The molecule has 1 aromatic rings. The first-order chi connectivity index (χ1) is 10.2. The normalized spacial score (nSPS) is 16.0. The van der Waals surface area contributed by atoms with Crippen molar-refractivity contribution in [3.63, 3.8) is 0 Å². The standard InChI is InChI=1S/C14H23N5O2/c15-4-3-14(21)17-12-1-2-13(16-11-12)19-7-5-18(6-8-19)9-10-20/h1-2,11,20H,3-10,15H2,(H,17,21). The first kappa shape index (κ1) is 15.7. The van der Waals surface area contributed by atoms with E-state index in [2.05, 4.69) is 20.1 Å². The van der Waals surface area contributed by atoms with Gasteiger partial charge in [0.25, 0.3) is 0 Å². The molecule has 7 nitrogen and oxygen atoms in total. The summed E-state index contributed by atoms with van der Waals surface area (Å²) in [5.41, 5.74) is 6.03. The number of anilines is 2. The molecule has 1 fully saturated rings. The van der Waals surface area contributed by atoms with Crippen LogP contribution in [-0.4, -0.2) is 66.8 Å². The summed E-state index contributed by atoms with van der Waals surface area (Å²) >= 11 is 0. The van der Waals surface area contributed by atoms with Gasteiger partial charge in [-0.05, 0) is 12.1 Å². The predicted octanol–water partition coefficient (Wildman–Crippen LogP) is -0.517. The number of nitrogens with one attached hydrogen (secondary N) is 1. The fourth-order valence-corrected chi connectivity index (χ4v) is 2.34. The fraction of sp³-hybridized carbons (Fsp3) is 0.571. The number of nitrogens with zero attached hydrogens (tertiary/aromatic N) is 3. The van der Waals surface area contributed by atoms with Gasteiger partial charge in [0.15, 0.2) is 0 Å². The first-order valence-electron chi connectivity index (χ1n) is 7.27. The van der Waals surface area contributed by atoms with Crippen molar-refractivity contribution >= 4 is 17.4 Å². The van der Waals surface area contributed by atoms with Crippen LogP contribution in [0.1, 0.15) is 6.42 Å². The maximum Gasteiger partial charge on any atom is 0.225 e. The van der Waals surface area contributed by atoms with Crippen molar-refractivity contribution in [3.8, 4) is 0 Å². The molecule has 1 aliphatic heterocycles. The Hall–Kier alpha value is -1.70. The number of hydrogen-bond donors (Lipinski definition) is 3. The summed E-state index contributed by atoms with van der Waals surface area (Å²) in [6, 6.07) is 3.77. The van der Waals surface area contributed by atoms with E-state index in [9.17, 15) is 4.79 Å². The Labute approximate surface area is 124 Å². The maximum absolute atomic E-state index is 11.4. The van der Waals surface area contributed by atoms with Crippen molar-refractivity contribution in [1.82, 2.24) is 9.88 Å². The van der Waals surface area contributed by atoms with Gasteiger partial charge >= 0.3 is 0 Å². The highest BCUT2D eigenvalue weighted by molar-refractivity contribution is 5.90. The number of β-amino-alcohol motifs (C(OH)–C–C–N with tert-alkyl or cyclic N) is 1. The van der Waals surface area contributed by atoms with Gasteiger partial charge in [-0.1, -0.05) is 0 Å². The van der Waals surface area contributed by atoms with Crippen molar-refractivity contribution in [2.75, 3.05) is 56.1 Å². The Balaban J connectivity index is 1.86. The van der Waals surface area contributed by atoms with E-state index in [1.165, 1.54) is 0 Å². The van der Waals surface area contributed by atoms with Crippen molar-refractivity contribution in [2.45, 2.75) is 6.42 Å². The van der Waals surface area contributed by atoms with E-state index < -0.39 is 0 Å². The highest BCUT2D eigenvalue weighted by Crippen LogP contribution is 2.16. The molecule has 0 aliphatic carbocycles. The first-order valence-corrected chi connectivity index (χ1v) is 7.27. The fourth-order valence-electron chi connectivity index (χ4n) is 2.34. The van der Waals surface area contributed by atoms with Crippen LogP contribution in [-0.2, 0) is 4.79 Å². The summed E-state index contributed by atoms with van der Waals surface area (Å²) in [6.07, 6.45) is 1.98. The second kappa shape index (κ2) is 7.92. The van der Waals surface area contributed by atoms with E-state index in [0.29, 0.717) is 18.7 Å². The SMILES string of the molecule is NCCC(=O)Nc1ccc(N2CCN(CCO)CC2)nc1. The van der Waals surface area contributed by atoms with Crippen LogP contribution >= 0.6 is 0 Å². The van der Waals surface area contributed by atoms with Crippen LogP contribution in [0.25, 0.3) is 0 Å². The number of piperazine rings is 1. The summed E-state index contributed by atoms with van der Waals surface area (Å²) in [5, 5.41) is 11.7. The van der Waals surface area contributed by atoms with E-state index in [1.54, 1.807) is 6.20 Å². The van der Waals surface area contributed by atoms with E-state index in [4.69, 9.17) is 10.8 Å². The van der Waals surface area contributed by atoms with Gasteiger partial charge in [0.05, 0.1) is 18.5 Å². The zero-order valence-corrected chi connectivity index (χ0v) is 12.2. The molecule has 116 valence electrons. The lowest BCUT2D eigenvalue weighted by molar-refractivity contribution is -0.116. The number of amides is 1.